The zero-order chi connectivity index (χ0) is 17.1. The zero-order valence-electron chi connectivity index (χ0n) is 13.7. The Morgan fingerprint density at radius 3 is 3.08 bits per heavy atom. The summed E-state index contributed by atoms with van der Waals surface area (Å²) in [4.78, 5) is 29.1. The number of aromatic amines is 1. The summed E-state index contributed by atoms with van der Waals surface area (Å²) in [6, 6.07) is 5.49. The third kappa shape index (κ3) is 3.28. The fourth-order valence-corrected chi connectivity index (χ4v) is 4.59. The zero-order valence-corrected chi connectivity index (χ0v) is 15.3. The molecule has 24 heavy (non-hydrogen) atoms. The highest BCUT2D eigenvalue weighted by Crippen LogP contribution is 2.41. The van der Waals surface area contributed by atoms with Crippen LogP contribution in [0, 0.1) is 0 Å². The van der Waals surface area contributed by atoms with Crippen molar-refractivity contribution in [1.29, 1.82) is 0 Å². The number of hydrogen-bond acceptors (Lipinski definition) is 5. The Labute approximate surface area is 149 Å². The van der Waals surface area contributed by atoms with E-state index in [4.69, 9.17) is 4.74 Å². The molecule has 128 valence electrons. The average Bonchev–Trinajstić information content (AvgIpc) is 3.17. The van der Waals surface area contributed by atoms with Gasteiger partial charge in [0.05, 0.1) is 18.4 Å². The first-order valence-electron chi connectivity index (χ1n) is 7.75. The molecule has 1 unspecified atom stereocenters. The van der Waals surface area contributed by atoms with Crippen LogP contribution in [0.2, 0.25) is 0 Å². The number of nitrogens with zero attached hydrogens (tertiary/aromatic N) is 1. The number of carbonyl (C=O) groups excluding carboxylic acids is 2. The van der Waals surface area contributed by atoms with Gasteiger partial charge in [0.2, 0.25) is 5.91 Å². The van der Waals surface area contributed by atoms with Crippen molar-refractivity contribution >= 4 is 46.3 Å². The smallest absolute Gasteiger partial charge is 0.337 e. The summed E-state index contributed by atoms with van der Waals surface area (Å²) in [5, 5.41) is 1.09. The highest BCUT2D eigenvalue weighted by Gasteiger charge is 2.33. The van der Waals surface area contributed by atoms with E-state index >= 15 is 0 Å². The van der Waals surface area contributed by atoms with Crippen LogP contribution in [0.1, 0.15) is 27.7 Å². The maximum absolute atomic E-state index is 12.2. The van der Waals surface area contributed by atoms with Gasteiger partial charge in [0.25, 0.3) is 0 Å². The van der Waals surface area contributed by atoms with Crippen LogP contribution in [-0.4, -0.2) is 53.2 Å². The highest BCUT2D eigenvalue weighted by molar-refractivity contribution is 8.00. The number of methoxy groups -OCH3 is 1. The Kier molecular flexibility index (Phi) is 5.40. The molecule has 2 aromatic rings. The molecule has 2 heterocycles. The van der Waals surface area contributed by atoms with Crippen LogP contribution in [0.4, 0.5) is 0 Å². The van der Waals surface area contributed by atoms with Crippen LogP contribution in [-0.2, 0) is 9.53 Å². The van der Waals surface area contributed by atoms with E-state index in [9.17, 15) is 9.59 Å². The molecule has 1 aliphatic rings. The number of ether oxygens (including phenoxy) is 1. The van der Waals surface area contributed by atoms with E-state index in [1.165, 1.54) is 7.11 Å². The van der Waals surface area contributed by atoms with Gasteiger partial charge in [-0.3, -0.25) is 4.79 Å². The van der Waals surface area contributed by atoms with Gasteiger partial charge in [-0.2, -0.15) is 11.8 Å². The van der Waals surface area contributed by atoms with Gasteiger partial charge in [-0.15, -0.1) is 11.8 Å². The second-order valence-corrected chi connectivity index (χ2v) is 7.65. The largest absolute Gasteiger partial charge is 0.465 e. The fourth-order valence-electron chi connectivity index (χ4n) is 2.93. The number of benzene rings is 1. The minimum Gasteiger partial charge on any atom is -0.465 e. The molecule has 0 spiro atoms. The average molecular weight is 364 g/mol. The summed E-state index contributed by atoms with van der Waals surface area (Å²) in [6.07, 6.45) is 5.03. The first kappa shape index (κ1) is 17.2. The Bertz CT molecular complexity index is 759. The Hall–Kier alpha value is -1.60. The summed E-state index contributed by atoms with van der Waals surface area (Å²) in [5.74, 6) is 1.43. The molecule has 7 heteroatoms. The SMILES string of the molecule is COC(=O)c1ccc2c(C3SCC(=O)N3CCCSC)c[nH]c2c1. The monoisotopic (exact) mass is 364 g/mol. The number of H-pyrrole nitrogens is 1. The van der Waals surface area contributed by atoms with Gasteiger partial charge in [0.1, 0.15) is 5.37 Å². The van der Waals surface area contributed by atoms with Gasteiger partial charge < -0.3 is 14.6 Å². The first-order chi connectivity index (χ1) is 11.7. The van der Waals surface area contributed by atoms with Crippen molar-refractivity contribution in [3.8, 4) is 0 Å². The number of fused-ring (bicyclic) bond motifs is 1. The Morgan fingerprint density at radius 1 is 1.50 bits per heavy atom. The van der Waals surface area contributed by atoms with Crippen molar-refractivity contribution in [2.45, 2.75) is 11.8 Å². The maximum Gasteiger partial charge on any atom is 0.337 e. The normalized spacial score (nSPS) is 17.7. The Morgan fingerprint density at radius 2 is 2.33 bits per heavy atom. The van der Waals surface area contributed by atoms with Crippen molar-refractivity contribution in [3.05, 3.63) is 35.5 Å². The maximum atomic E-state index is 12.2. The summed E-state index contributed by atoms with van der Waals surface area (Å²) < 4.78 is 4.77. The molecule has 5 nitrogen and oxygen atoms in total. The van der Waals surface area contributed by atoms with Crippen LogP contribution in [0.25, 0.3) is 10.9 Å². The number of rotatable bonds is 6. The standard InChI is InChI=1S/C17H20N2O3S2/c1-22-17(21)11-4-5-12-13(9-18-14(12)8-11)16-19(6-3-7-23-2)15(20)10-24-16/h4-5,8-9,16,18H,3,6-7,10H2,1-2H3. The molecule has 0 aliphatic carbocycles. The molecule has 0 bridgehead atoms. The number of esters is 1. The molecule has 1 fully saturated rings. The molecule has 1 saturated heterocycles. The molecule has 1 aromatic heterocycles. The van der Waals surface area contributed by atoms with Gasteiger partial charge in [-0.05, 0) is 30.6 Å². The minimum atomic E-state index is -0.350. The van der Waals surface area contributed by atoms with Crippen LogP contribution in [0.15, 0.2) is 24.4 Å². The molecule has 1 aromatic carbocycles. The quantitative estimate of drug-likeness (QED) is 0.629. The Balaban J connectivity index is 1.88. The van der Waals surface area contributed by atoms with E-state index in [-0.39, 0.29) is 17.3 Å². The van der Waals surface area contributed by atoms with E-state index in [0.29, 0.717) is 11.3 Å². The first-order valence-corrected chi connectivity index (χ1v) is 10.2. The molecule has 1 aliphatic heterocycles. The van der Waals surface area contributed by atoms with Gasteiger partial charge >= 0.3 is 5.97 Å². The van der Waals surface area contributed by atoms with Gasteiger partial charge in [-0.25, -0.2) is 4.79 Å². The lowest BCUT2D eigenvalue weighted by molar-refractivity contribution is -0.128. The predicted molar refractivity (Wildman–Crippen MR) is 99.5 cm³/mol. The fraction of sp³-hybridized carbons (Fsp3) is 0.412. The number of amides is 1. The molecular weight excluding hydrogens is 344 g/mol. The third-order valence-electron chi connectivity index (χ3n) is 4.12. The van der Waals surface area contributed by atoms with E-state index in [0.717, 1.165) is 35.2 Å². The predicted octanol–water partition coefficient (Wildman–Crippen LogP) is 3.28. The molecule has 1 amide bonds. The van der Waals surface area contributed by atoms with Crippen LogP contribution in [0.5, 0.6) is 0 Å². The van der Waals surface area contributed by atoms with Crippen LogP contribution in [0.3, 0.4) is 0 Å². The van der Waals surface area contributed by atoms with Crippen molar-refractivity contribution in [2.75, 3.05) is 31.4 Å². The second-order valence-electron chi connectivity index (χ2n) is 5.59. The summed E-state index contributed by atoms with van der Waals surface area (Å²) >= 11 is 3.46. The van der Waals surface area contributed by atoms with Crippen LogP contribution >= 0.6 is 23.5 Å². The number of hydrogen-bond donors (Lipinski definition) is 1. The van der Waals surface area contributed by atoms with Gasteiger partial charge in [0, 0.05) is 29.2 Å². The van der Waals surface area contributed by atoms with Crippen molar-refractivity contribution in [3.63, 3.8) is 0 Å². The summed E-state index contributed by atoms with van der Waals surface area (Å²) in [6.45, 7) is 0.782. The molecule has 0 radical (unpaired) electrons. The number of thioether (sulfide) groups is 2. The molecule has 3 rings (SSSR count). The van der Waals surface area contributed by atoms with Crippen molar-refractivity contribution in [1.82, 2.24) is 9.88 Å². The highest BCUT2D eigenvalue weighted by atomic mass is 32.2. The lowest BCUT2D eigenvalue weighted by Gasteiger charge is -2.23. The van der Waals surface area contributed by atoms with E-state index in [1.807, 2.05) is 17.2 Å². The molecule has 1 atom stereocenters. The summed E-state index contributed by atoms with van der Waals surface area (Å²) in [7, 11) is 1.37. The van der Waals surface area contributed by atoms with Crippen LogP contribution < -0.4 is 0 Å². The third-order valence-corrected chi connectivity index (χ3v) is 6.05. The lowest BCUT2D eigenvalue weighted by atomic mass is 10.1. The number of carbonyl (C=O) groups is 2. The summed E-state index contributed by atoms with van der Waals surface area (Å²) in [5.41, 5.74) is 2.50. The van der Waals surface area contributed by atoms with E-state index < -0.39 is 0 Å². The van der Waals surface area contributed by atoms with Gasteiger partial charge in [-0.1, -0.05) is 6.07 Å². The topological polar surface area (TPSA) is 62.4 Å². The van der Waals surface area contributed by atoms with Gasteiger partial charge in [0.15, 0.2) is 0 Å². The molecular formula is C17H20N2O3S2. The van der Waals surface area contributed by atoms with E-state index in [1.54, 1.807) is 35.7 Å². The minimum absolute atomic E-state index is 0.0390. The number of nitrogens with one attached hydrogen (secondary N) is 1. The second kappa shape index (κ2) is 7.53. The molecule has 1 N–H and O–H groups in total. The van der Waals surface area contributed by atoms with Crippen molar-refractivity contribution < 1.29 is 14.3 Å². The number of aromatic nitrogens is 1. The lowest BCUT2D eigenvalue weighted by Crippen LogP contribution is -2.29. The molecule has 0 saturated carbocycles. The van der Waals surface area contributed by atoms with E-state index in [2.05, 4.69) is 11.2 Å². The van der Waals surface area contributed by atoms with Crippen molar-refractivity contribution in [2.24, 2.45) is 0 Å².